The van der Waals surface area contributed by atoms with Crippen LogP contribution in [0.4, 0.5) is 11.4 Å². The first-order chi connectivity index (χ1) is 13.5. The van der Waals surface area contributed by atoms with Gasteiger partial charge in [0.25, 0.3) is 11.6 Å². The number of nitro groups is 1. The van der Waals surface area contributed by atoms with Gasteiger partial charge in [-0.3, -0.25) is 14.9 Å². The number of amides is 1. The summed E-state index contributed by atoms with van der Waals surface area (Å²) in [6, 6.07) is 14.8. The van der Waals surface area contributed by atoms with Crippen LogP contribution in [0.25, 0.3) is 0 Å². The van der Waals surface area contributed by atoms with Gasteiger partial charge in [-0.2, -0.15) is 0 Å². The van der Waals surface area contributed by atoms with Gasteiger partial charge in [-0.05, 0) is 48.9 Å². The maximum Gasteiger partial charge on any atom is 0.296 e. The standard InChI is InChI=1S/C20H18N2O6/c1-13-4-3-5-15(10-13)27-12-16-7-9-19(28-16)20(23)21-17-8-6-14(26-2)11-18(17)22(24)25/h3-11H,12H2,1-2H3,(H,21,23). The molecule has 0 radical (unpaired) electrons. The number of nitrogens with zero attached hydrogens (tertiary/aromatic N) is 1. The molecular weight excluding hydrogens is 364 g/mol. The predicted octanol–water partition coefficient (Wildman–Crippen LogP) is 4.34. The molecule has 1 amide bonds. The van der Waals surface area contributed by atoms with E-state index < -0.39 is 10.8 Å². The van der Waals surface area contributed by atoms with Crippen LogP contribution in [-0.2, 0) is 6.61 Å². The van der Waals surface area contributed by atoms with Crippen molar-refractivity contribution in [2.45, 2.75) is 13.5 Å². The number of methoxy groups -OCH3 is 1. The molecule has 0 saturated carbocycles. The number of hydrogen-bond donors (Lipinski definition) is 1. The molecule has 0 spiro atoms. The lowest BCUT2D eigenvalue weighted by atomic mass is 10.2. The van der Waals surface area contributed by atoms with Gasteiger partial charge in [0.05, 0.1) is 18.1 Å². The molecule has 0 atom stereocenters. The van der Waals surface area contributed by atoms with Gasteiger partial charge in [0.2, 0.25) is 0 Å². The third kappa shape index (κ3) is 4.47. The molecule has 0 fully saturated rings. The van der Waals surface area contributed by atoms with Crippen LogP contribution in [0.1, 0.15) is 21.9 Å². The smallest absolute Gasteiger partial charge is 0.296 e. The van der Waals surface area contributed by atoms with E-state index in [1.54, 1.807) is 6.07 Å². The molecule has 8 heteroatoms. The number of carbonyl (C=O) groups is 1. The maximum absolute atomic E-state index is 12.4. The Morgan fingerprint density at radius 1 is 1.14 bits per heavy atom. The van der Waals surface area contributed by atoms with Crippen LogP contribution >= 0.6 is 0 Å². The quantitative estimate of drug-likeness (QED) is 0.482. The average Bonchev–Trinajstić information content (AvgIpc) is 3.16. The van der Waals surface area contributed by atoms with E-state index in [0.717, 1.165) is 5.56 Å². The van der Waals surface area contributed by atoms with Crippen LogP contribution in [0.5, 0.6) is 11.5 Å². The average molecular weight is 382 g/mol. The number of furan rings is 1. The summed E-state index contributed by atoms with van der Waals surface area (Å²) in [6.07, 6.45) is 0. The Labute approximate surface area is 160 Å². The van der Waals surface area contributed by atoms with Gasteiger partial charge < -0.3 is 19.2 Å². The molecule has 8 nitrogen and oxygen atoms in total. The van der Waals surface area contributed by atoms with Gasteiger partial charge in [-0.15, -0.1) is 0 Å². The Hall–Kier alpha value is -3.81. The summed E-state index contributed by atoms with van der Waals surface area (Å²) in [5.41, 5.74) is 0.838. The van der Waals surface area contributed by atoms with Gasteiger partial charge in [0.1, 0.15) is 29.6 Å². The highest BCUT2D eigenvalue weighted by Crippen LogP contribution is 2.29. The highest BCUT2D eigenvalue weighted by molar-refractivity contribution is 6.03. The molecule has 1 aromatic heterocycles. The minimum Gasteiger partial charge on any atom is -0.496 e. The lowest BCUT2D eigenvalue weighted by molar-refractivity contribution is -0.384. The molecule has 0 aliphatic carbocycles. The first kappa shape index (κ1) is 19.0. The minimum absolute atomic E-state index is 0.0213. The zero-order valence-corrected chi connectivity index (χ0v) is 15.3. The number of hydrogen-bond acceptors (Lipinski definition) is 6. The number of nitrogens with one attached hydrogen (secondary N) is 1. The van der Waals surface area contributed by atoms with E-state index in [1.165, 1.54) is 31.4 Å². The summed E-state index contributed by atoms with van der Waals surface area (Å²) in [7, 11) is 1.40. The van der Waals surface area contributed by atoms with Gasteiger partial charge in [0, 0.05) is 0 Å². The molecule has 3 aromatic rings. The van der Waals surface area contributed by atoms with Crippen LogP contribution in [0.2, 0.25) is 0 Å². The molecule has 0 bridgehead atoms. The van der Waals surface area contributed by atoms with E-state index in [1.807, 2.05) is 31.2 Å². The Bertz CT molecular complexity index is 1010. The topological polar surface area (TPSA) is 104 Å². The Morgan fingerprint density at radius 2 is 1.96 bits per heavy atom. The van der Waals surface area contributed by atoms with E-state index in [2.05, 4.69) is 5.32 Å². The normalized spacial score (nSPS) is 10.4. The van der Waals surface area contributed by atoms with Crippen molar-refractivity contribution in [1.82, 2.24) is 0 Å². The Kier molecular flexibility index (Phi) is 5.59. The number of aryl methyl sites for hydroxylation is 1. The molecule has 2 aromatic carbocycles. The molecule has 28 heavy (non-hydrogen) atoms. The number of carbonyl (C=O) groups excluding carboxylic acids is 1. The van der Waals surface area contributed by atoms with Crippen molar-refractivity contribution < 1.29 is 23.6 Å². The molecule has 0 aliphatic heterocycles. The summed E-state index contributed by atoms with van der Waals surface area (Å²) in [6.45, 7) is 2.11. The van der Waals surface area contributed by atoms with Gasteiger partial charge in [-0.25, -0.2) is 0 Å². The number of anilines is 1. The van der Waals surface area contributed by atoms with Crippen molar-refractivity contribution in [2.24, 2.45) is 0 Å². The van der Waals surface area contributed by atoms with Gasteiger partial charge in [0.15, 0.2) is 5.76 Å². The lowest BCUT2D eigenvalue weighted by Crippen LogP contribution is -2.12. The van der Waals surface area contributed by atoms with Crippen LogP contribution in [-0.4, -0.2) is 17.9 Å². The fourth-order valence-electron chi connectivity index (χ4n) is 2.52. The van der Waals surface area contributed by atoms with Crippen LogP contribution in [0.15, 0.2) is 59.0 Å². The van der Waals surface area contributed by atoms with Crippen LogP contribution in [0, 0.1) is 17.0 Å². The maximum atomic E-state index is 12.4. The number of nitro benzene ring substituents is 1. The second-order valence-corrected chi connectivity index (χ2v) is 5.97. The fraction of sp³-hybridized carbons (Fsp3) is 0.150. The minimum atomic E-state index is -0.602. The highest BCUT2D eigenvalue weighted by atomic mass is 16.6. The van der Waals surface area contributed by atoms with E-state index >= 15 is 0 Å². The van der Waals surface area contributed by atoms with Crippen molar-refractivity contribution >= 4 is 17.3 Å². The molecule has 0 saturated heterocycles. The second kappa shape index (κ2) is 8.26. The van der Waals surface area contributed by atoms with Crippen LogP contribution in [0.3, 0.4) is 0 Å². The zero-order valence-electron chi connectivity index (χ0n) is 15.3. The van der Waals surface area contributed by atoms with E-state index in [9.17, 15) is 14.9 Å². The summed E-state index contributed by atoms with van der Waals surface area (Å²) >= 11 is 0. The zero-order chi connectivity index (χ0) is 20.1. The molecule has 1 N–H and O–H groups in total. The van der Waals surface area contributed by atoms with Crippen molar-refractivity contribution in [3.05, 3.63) is 81.8 Å². The van der Waals surface area contributed by atoms with E-state index in [-0.39, 0.29) is 23.7 Å². The van der Waals surface area contributed by atoms with Crippen molar-refractivity contribution in [3.63, 3.8) is 0 Å². The first-order valence-electron chi connectivity index (χ1n) is 8.38. The molecule has 0 aliphatic rings. The number of ether oxygens (including phenoxy) is 2. The third-order valence-corrected chi connectivity index (χ3v) is 3.91. The molecule has 3 rings (SSSR count). The van der Waals surface area contributed by atoms with Gasteiger partial charge >= 0.3 is 0 Å². The molecular formula is C20H18N2O6. The van der Waals surface area contributed by atoms with E-state index in [4.69, 9.17) is 13.9 Å². The highest BCUT2D eigenvalue weighted by Gasteiger charge is 2.19. The summed E-state index contributed by atoms with van der Waals surface area (Å²) in [4.78, 5) is 23.0. The predicted molar refractivity (Wildman–Crippen MR) is 102 cm³/mol. The lowest BCUT2D eigenvalue weighted by Gasteiger charge is -2.06. The Morgan fingerprint density at radius 3 is 2.68 bits per heavy atom. The van der Waals surface area contributed by atoms with Crippen molar-refractivity contribution in [2.75, 3.05) is 12.4 Å². The summed E-state index contributed by atoms with van der Waals surface area (Å²) < 4.78 is 16.1. The van der Waals surface area contributed by atoms with Crippen LogP contribution < -0.4 is 14.8 Å². The van der Waals surface area contributed by atoms with E-state index in [0.29, 0.717) is 17.3 Å². The number of benzene rings is 2. The fourth-order valence-corrected chi connectivity index (χ4v) is 2.52. The molecule has 0 unspecified atom stereocenters. The third-order valence-electron chi connectivity index (χ3n) is 3.91. The summed E-state index contributed by atoms with van der Waals surface area (Å²) in [5, 5.41) is 13.7. The molecule has 1 heterocycles. The Balaban J connectivity index is 1.68. The second-order valence-electron chi connectivity index (χ2n) is 5.97. The van der Waals surface area contributed by atoms with Crippen molar-refractivity contribution in [3.8, 4) is 11.5 Å². The first-order valence-corrected chi connectivity index (χ1v) is 8.38. The SMILES string of the molecule is COc1ccc(NC(=O)c2ccc(COc3cccc(C)c3)o2)c([N+](=O)[O-])c1. The summed E-state index contributed by atoms with van der Waals surface area (Å²) in [5.74, 6) is 0.883. The van der Waals surface area contributed by atoms with Gasteiger partial charge in [-0.1, -0.05) is 12.1 Å². The monoisotopic (exact) mass is 382 g/mol. The largest absolute Gasteiger partial charge is 0.496 e. The van der Waals surface area contributed by atoms with Crippen molar-refractivity contribution in [1.29, 1.82) is 0 Å². The number of rotatable bonds is 7. The molecule has 144 valence electrons.